The molecule has 0 radical (unpaired) electrons. The molecule has 0 saturated heterocycles. The SMILES string of the molecule is Cc1cn(-c2cccc(Br)c2)c(SCC(=O)O)n1. The lowest BCUT2D eigenvalue weighted by Gasteiger charge is -2.06. The Bertz CT molecular complexity index is 583. The van der Waals surface area contributed by atoms with E-state index in [1.165, 1.54) is 11.8 Å². The van der Waals surface area contributed by atoms with E-state index >= 15 is 0 Å². The summed E-state index contributed by atoms with van der Waals surface area (Å²) in [5, 5.41) is 9.41. The zero-order chi connectivity index (χ0) is 13.1. The summed E-state index contributed by atoms with van der Waals surface area (Å²) in [6.45, 7) is 1.89. The third-order valence-electron chi connectivity index (χ3n) is 2.21. The van der Waals surface area contributed by atoms with E-state index in [0.29, 0.717) is 5.16 Å². The van der Waals surface area contributed by atoms with Gasteiger partial charge in [0.05, 0.1) is 11.4 Å². The van der Waals surface area contributed by atoms with Gasteiger partial charge < -0.3 is 5.11 Å². The van der Waals surface area contributed by atoms with Crippen molar-refractivity contribution in [3.63, 3.8) is 0 Å². The van der Waals surface area contributed by atoms with E-state index < -0.39 is 5.97 Å². The number of hydrogen-bond acceptors (Lipinski definition) is 3. The van der Waals surface area contributed by atoms with Gasteiger partial charge in [0.2, 0.25) is 0 Å². The molecule has 1 heterocycles. The number of aromatic nitrogens is 2. The summed E-state index contributed by atoms with van der Waals surface area (Å²) in [4.78, 5) is 15.0. The number of aryl methyl sites for hydroxylation is 1. The molecule has 0 amide bonds. The van der Waals surface area contributed by atoms with Crippen molar-refractivity contribution in [1.82, 2.24) is 9.55 Å². The van der Waals surface area contributed by atoms with Crippen molar-refractivity contribution in [2.45, 2.75) is 12.1 Å². The van der Waals surface area contributed by atoms with Gasteiger partial charge in [-0.1, -0.05) is 33.8 Å². The Morgan fingerprint density at radius 1 is 1.56 bits per heavy atom. The zero-order valence-electron chi connectivity index (χ0n) is 9.63. The molecule has 0 aliphatic carbocycles. The van der Waals surface area contributed by atoms with E-state index in [9.17, 15) is 4.79 Å². The number of carbonyl (C=O) groups is 1. The quantitative estimate of drug-likeness (QED) is 0.877. The highest BCUT2D eigenvalue weighted by Crippen LogP contribution is 2.23. The van der Waals surface area contributed by atoms with E-state index in [1.54, 1.807) is 0 Å². The van der Waals surface area contributed by atoms with Crippen molar-refractivity contribution >= 4 is 33.7 Å². The summed E-state index contributed by atoms with van der Waals surface area (Å²) in [5.74, 6) is -0.841. The minimum absolute atomic E-state index is 0.00442. The largest absolute Gasteiger partial charge is 0.481 e. The minimum Gasteiger partial charge on any atom is -0.481 e. The number of hydrogen-bond donors (Lipinski definition) is 1. The van der Waals surface area contributed by atoms with Gasteiger partial charge in [0.15, 0.2) is 5.16 Å². The van der Waals surface area contributed by atoms with Crippen molar-refractivity contribution in [2.75, 3.05) is 5.75 Å². The molecule has 0 atom stereocenters. The van der Waals surface area contributed by atoms with Crippen LogP contribution in [0.3, 0.4) is 0 Å². The second-order valence-corrected chi connectivity index (χ2v) is 5.56. The van der Waals surface area contributed by atoms with Crippen molar-refractivity contribution in [3.05, 3.63) is 40.6 Å². The van der Waals surface area contributed by atoms with Crippen LogP contribution < -0.4 is 0 Å². The Labute approximate surface area is 117 Å². The van der Waals surface area contributed by atoms with E-state index in [-0.39, 0.29) is 5.75 Å². The first-order valence-electron chi connectivity index (χ1n) is 5.23. The maximum atomic E-state index is 10.6. The van der Waals surface area contributed by atoms with Gasteiger partial charge >= 0.3 is 5.97 Å². The normalized spacial score (nSPS) is 10.6. The molecule has 0 aliphatic rings. The number of aliphatic carboxylic acids is 1. The number of carboxylic acids is 1. The highest BCUT2D eigenvalue weighted by Gasteiger charge is 2.10. The van der Waals surface area contributed by atoms with Crippen LogP contribution in [0.2, 0.25) is 0 Å². The molecule has 0 bridgehead atoms. The van der Waals surface area contributed by atoms with Crippen LogP contribution in [0.15, 0.2) is 40.1 Å². The molecule has 18 heavy (non-hydrogen) atoms. The van der Waals surface area contributed by atoms with Crippen LogP contribution in [0.25, 0.3) is 5.69 Å². The Kier molecular flexibility index (Phi) is 4.08. The van der Waals surface area contributed by atoms with Gasteiger partial charge in [0.25, 0.3) is 0 Å². The maximum Gasteiger partial charge on any atom is 0.313 e. The summed E-state index contributed by atoms with van der Waals surface area (Å²) < 4.78 is 2.87. The van der Waals surface area contributed by atoms with E-state index in [4.69, 9.17) is 5.11 Å². The van der Waals surface area contributed by atoms with Gasteiger partial charge in [-0.15, -0.1) is 0 Å². The lowest BCUT2D eigenvalue weighted by molar-refractivity contribution is -0.133. The van der Waals surface area contributed by atoms with E-state index in [0.717, 1.165) is 15.9 Å². The Morgan fingerprint density at radius 2 is 2.33 bits per heavy atom. The van der Waals surface area contributed by atoms with Gasteiger partial charge in [-0.25, -0.2) is 4.98 Å². The highest BCUT2D eigenvalue weighted by molar-refractivity contribution is 9.10. The van der Waals surface area contributed by atoms with Crippen LogP contribution in [-0.2, 0) is 4.79 Å². The molecule has 0 fully saturated rings. The van der Waals surface area contributed by atoms with Crippen LogP contribution in [0, 0.1) is 6.92 Å². The molecule has 1 aromatic carbocycles. The molecule has 2 aromatic rings. The highest BCUT2D eigenvalue weighted by atomic mass is 79.9. The van der Waals surface area contributed by atoms with Gasteiger partial charge in [-0.05, 0) is 25.1 Å². The molecule has 1 N–H and O–H groups in total. The molecule has 4 nitrogen and oxygen atoms in total. The molecule has 0 spiro atoms. The molecule has 0 saturated carbocycles. The zero-order valence-corrected chi connectivity index (χ0v) is 12.0. The average Bonchev–Trinajstić information content (AvgIpc) is 2.68. The summed E-state index contributed by atoms with van der Waals surface area (Å²) in [7, 11) is 0. The molecular weight excluding hydrogens is 316 g/mol. The maximum absolute atomic E-state index is 10.6. The number of halogens is 1. The number of carboxylic acid groups (broad SMARTS) is 1. The van der Waals surface area contributed by atoms with Gasteiger partial charge in [-0.3, -0.25) is 9.36 Å². The fourth-order valence-electron chi connectivity index (χ4n) is 1.51. The first kappa shape index (κ1) is 13.2. The molecule has 94 valence electrons. The van der Waals surface area contributed by atoms with E-state index in [2.05, 4.69) is 20.9 Å². The topological polar surface area (TPSA) is 55.1 Å². The fourth-order valence-corrected chi connectivity index (χ4v) is 2.66. The predicted molar refractivity (Wildman–Crippen MR) is 74.4 cm³/mol. The molecule has 0 aliphatic heterocycles. The van der Waals surface area contributed by atoms with Gasteiger partial charge in [0, 0.05) is 16.4 Å². The van der Waals surface area contributed by atoms with Gasteiger partial charge in [-0.2, -0.15) is 0 Å². The van der Waals surface area contributed by atoms with Crippen LogP contribution in [0.5, 0.6) is 0 Å². The first-order valence-corrected chi connectivity index (χ1v) is 7.00. The standard InChI is InChI=1S/C12H11BrN2O2S/c1-8-6-15(10-4-2-3-9(13)5-10)12(14-8)18-7-11(16)17/h2-6H,7H2,1H3,(H,16,17). The lowest BCUT2D eigenvalue weighted by atomic mass is 10.3. The van der Waals surface area contributed by atoms with Crippen LogP contribution in [0.4, 0.5) is 0 Å². The van der Waals surface area contributed by atoms with Crippen molar-refractivity contribution in [3.8, 4) is 5.69 Å². The smallest absolute Gasteiger partial charge is 0.313 e. The van der Waals surface area contributed by atoms with Crippen LogP contribution in [0.1, 0.15) is 5.69 Å². The minimum atomic E-state index is -0.846. The van der Waals surface area contributed by atoms with E-state index in [1.807, 2.05) is 42.0 Å². The number of imidazole rings is 1. The number of rotatable bonds is 4. The summed E-state index contributed by atoms with van der Waals surface area (Å²) >= 11 is 4.63. The number of thioether (sulfide) groups is 1. The summed E-state index contributed by atoms with van der Waals surface area (Å²) in [6.07, 6.45) is 1.89. The molecule has 1 aromatic heterocycles. The Hall–Kier alpha value is -1.27. The summed E-state index contributed by atoms with van der Waals surface area (Å²) in [6, 6.07) is 7.79. The number of nitrogens with zero attached hydrogens (tertiary/aromatic N) is 2. The second-order valence-electron chi connectivity index (χ2n) is 3.70. The predicted octanol–water partition coefficient (Wildman–Crippen LogP) is 3.12. The lowest BCUT2D eigenvalue weighted by Crippen LogP contribution is -2.01. The summed E-state index contributed by atoms with van der Waals surface area (Å²) in [5.41, 5.74) is 1.82. The number of benzene rings is 1. The second kappa shape index (κ2) is 5.58. The van der Waals surface area contributed by atoms with Crippen LogP contribution >= 0.6 is 27.7 Å². The van der Waals surface area contributed by atoms with Crippen molar-refractivity contribution in [2.24, 2.45) is 0 Å². The molecule has 0 unspecified atom stereocenters. The fraction of sp³-hybridized carbons (Fsp3) is 0.167. The molecule has 2 rings (SSSR count). The van der Waals surface area contributed by atoms with Crippen LogP contribution in [-0.4, -0.2) is 26.4 Å². The molecular formula is C12H11BrN2O2S. The molecule has 6 heteroatoms. The Morgan fingerprint density at radius 3 is 3.00 bits per heavy atom. The van der Waals surface area contributed by atoms with Gasteiger partial charge in [0.1, 0.15) is 0 Å². The van der Waals surface area contributed by atoms with Crippen molar-refractivity contribution < 1.29 is 9.90 Å². The first-order chi connectivity index (χ1) is 8.56. The third kappa shape index (κ3) is 3.14. The third-order valence-corrected chi connectivity index (χ3v) is 3.64. The average molecular weight is 327 g/mol. The Balaban J connectivity index is 2.35. The monoisotopic (exact) mass is 326 g/mol. The van der Waals surface area contributed by atoms with Crippen molar-refractivity contribution in [1.29, 1.82) is 0 Å².